The minimum Gasteiger partial charge on any atom is -0.481 e. The van der Waals surface area contributed by atoms with Gasteiger partial charge in [-0.1, -0.05) is 24.3 Å². The largest absolute Gasteiger partial charge is 0.481 e. The van der Waals surface area contributed by atoms with Gasteiger partial charge in [-0.2, -0.15) is 0 Å². The van der Waals surface area contributed by atoms with Crippen LogP contribution in [0.25, 0.3) is 0 Å². The fourth-order valence-electron chi connectivity index (χ4n) is 2.68. The lowest BCUT2D eigenvalue weighted by molar-refractivity contribution is -0.150. The van der Waals surface area contributed by atoms with E-state index >= 15 is 0 Å². The molecule has 21 heavy (non-hydrogen) atoms. The number of benzene rings is 1. The summed E-state index contributed by atoms with van der Waals surface area (Å²) in [6, 6.07) is 7.70. The van der Waals surface area contributed by atoms with Crippen LogP contribution in [0.2, 0.25) is 0 Å². The van der Waals surface area contributed by atoms with Gasteiger partial charge >= 0.3 is 12.0 Å². The maximum Gasteiger partial charge on any atom is 0.317 e. The molecule has 1 aromatic carbocycles. The number of hydrogen-bond donors (Lipinski definition) is 2. The molecule has 0 radical (unpaired) electrons. The first-order valence-corrected chi connectivity index (χ1v) is 7.23. The lowest BCUT2D eigenvalue weighted by Gasteiger charge is -2.37. The van der Waals surface area contributed by atoms with Crippen LogP contribution in [0.5, 0.6) is 0 Å². The molecule has 1 aromatic rings. The summed E-state index contributed by atoms with van der Waals surface area (Å²) in [5.74, 6) is -0.834. The lowest BCUT2D eigenvalue weighted by atomic mass is 9.82. The molecule has 114 valence electrons. The number of carbonyl (C=O) groups is 2. The zero-order valence-corrected chi connectivity index (χ0v) is 12.6. The Balaban J connectivity index is 1.94. The van der Waals surface area contributed by atoms with Gasteiger partial charge in [-0.25, -0.2) is 4.79 Å². The van der Waals surface area contributed by atoms with E-state index < -0.39 is 11.4 Å². The van der Waals surface area contributed by atoms with Gasteiger partial charge in [0.25, 0.3) is 0 Å². The van der Waals surface area contributed by atoms with Crippen LogP contribution in [0, 0.1) is 12.3 Å². The molecule has 1 fully saturated rings. The van der Waals surface area contributed by atoms with Crippen LogP contribution in [0.3, 0.4) is 0 Å². The quantitative estimate of drug-likeness (QED) is 0.898. The normalized spacial score (nSPS) is 21.9. The maximum atomic E-state index is 12.2. The van der Waals surface area contributed by atoms with Gasteiger partial charge in [-0.05, 0) is 37.8 Å². The van der Waals surface area contributed by atoms with E-state index in [2.05, 4.69) is 5.32 Å². The molecule has 0 saturated carbocycles. The van der Waals surface area contributed by atoms with Crippen molar-refractivity contribution in [2.75, 3.05) is 13.1 Å². The minimum absolute atomic E-state index is 0.189. The summed E-state index contributed by atoms with van der Waals surface area (Å²) in [5, 5.41) is 12.2. The number of urea groups is 1. The van der Waals surface area contributed by atoms with Gasteiger partial charge in [0.05, 0.1) is 5.41 Å². The molecular weight excluding hydrogens is 268 g/mol. The van der Waals surface area contributed by atoms with Crippen LogP contribution in [0.1, 0.15) is 30.9 Å². The van der Waals surface area contributed by atoms with Crippen LogP contribution in [-0.2, 0) is 11.3 Å². The fourth-order valence-corrected chi connectivity index (χ4v) is 2.68. The first-order chi connectivity index (χ1) is 9.92. The van der Waals surface area contributed by atoms with Gasteiger partial charge in [0, 0.05) is 19.6 Å². The summed E-state index contributed by atoms with van der Waals surface area (Å²) >= 11 is 0. The highest BCUT2D eigenvalue weighted by atomic mass is 16.4. The maximum absolute atomic E-state index is 12.2. The third-order valence-electron chi connectivity index (χ3n) is 4.19. The number of piperidine rings is 1. The Kier molecular flexibility index (Phi) is 4.50. The van der Waals surface area contributed by atoms with Crippen LogP contribution in [0.15, 0.2) is 24.3 Å². The van der Waals surface area contributed by atoms with Crippen molar-refractivity contribution in [2.24, 2.45) is 5.41 Å². The van der Waals surface area contributed by atoms with Crippen molar-refractivity contribution in [3.05, 3.63) is 35.4 Å². The van der Waals surface area contributed by atoms with Gasteiger partial charge in [-0.15, -0.1) is 0 Å². The van der Waals surface area contributed by atoms with Crippen molar-refractivity contribution >= 4 is 12.0 Å². The van der Waals surface area contributed by atoms with Crippen LogP contribution < -0.4 is 5.32 Å². The smallest absolute Gasteiger partial charge is 0.317 e. The van der Waals surface area contributed by atoms with Crippen LogP contribution in [0.4, 0.5) is 4.79 Å². The molecule has 1 saturated heterocycles. The standard InChI is InChI=1S/C16H22N2O3/c1-12-6-3-4-7-13(12)10-17-15(21)18-9-5-8-16(2,11-18)14(19)20/h3-4,6-7H,5,8-11H2,1-2H3,(H,17,21)(H,19,20). The number of aliphatic carboxylic acids is 1. The topological polar surface area (TPSA) is 69.6 Å². The number of carbonyl (C=O) groups excluding carboxylic acids is 1. The zero-order chi connectivity index (χ0) is 15.5. The molecule has 0 spiro atoms. The molecule has 1 aliphatic heterocycles. The van der Waals surface area contributed by atoms with E-state index in [0.717, 1.165) is 17.5 Å². The van der Waals surface area contributed by atoms with E-state index in [1.165, 1.54) is 0 Å². The van der Waals surface area contributed by atoms with E-state index in [1.807, 2.05) is 31.2 Å². The fraction of sp³-hybridized carbons (Fsp3) is 0.500. The summed E-state index contributed by atoms with van der Waals surface area (Å²) in [6.45, 7) is 5.05. The third kappa shape index (κ3) is 3.54. The van der Waals surface area contributed by atoms with Crippen molar-refractivity contribution in [1.82, 2.24) is 10.2 Å². The molecule has 0 bridgehead atoms. The van der Waals surface area contributed by atoms with Crippen LogP contribution in [-0.4, -0.2) is 35.1 Å². The van der Waals surface area contributed by atoms with Crippen molar-refractivity contribution in [2.45, 2.75) is 33.2 Å². The van der Waals surface area contributed by atoms with Crippen molar-refractivity contribution < 1.29 is 14.7 Å². The Hall–Kier alpha value is -2.04. The number of carboxylic acid groups (broad SMARTS) is 1. The third-order valence-corrected chi connectivity index (χ3v) is 4.19. The van der Waals surface area contributed by atoms with Gasteiger partial charge in [0.2, 0.25) is 0 Å². The van der Waals surface area contributed by atoms with Crippen molar-refractivity contribution in [3.8, 4) is 0 Å². The van der Waals surface area contributed by atoms with E-state index in [1.54, 1.807) is 11.8 Å². The lowest BCUT2D eigenvalue weighted by Crippen LogP contribution is -2.51. The summed E-state index contributed by atoms with van der Waals surface area (Å²) in [5.41, 5.74) is 1.37. The molecule has 1 atom stereocenters. The van der Waals surface area contributed by atoms with Crippen LogP contribution >= 0.6 is 0 Å². The molecular formula is C16H22N2O3. The van der Waals surface area contributed by atoms with E-state index in [9.17, 15) is 14.7 Å². The molecule has 0 aromatic heterocycles. The van der Waals surface area contributed by atoms with Gasteiger partial charge in [-0.3, -0.25) is 4.79 Å². The summed E-state index contributed by atoms with van der Waals surface area (Å²) < 4.78 is 0. The van der Waals surface area contributed by atoms with Gasteiger partial charge < -0.3 is 15.3 Å². The number of aryl methyl sites for hydroxylation is 1. The molecule has 1 heterocycles. The molecule has 5 nitrogen and oxygen atoms in total. The van der Waals surface area contributed by atoms with E-state index in [4.69, 9.17) is 0 Å². The van der Waals surface area contributed by atoms with Gasteiger partial charge in [0.15, 0.2) is 0 Å². The molecule has 5 heteroatoms. The number of nitrogens with one attached hydrogen (secondary N) is 1. The average molecular weight is 290 g/mol. The number of rotatable bonds is 3. The molecule has 0 aliphatic carbocycles. The second kappa shape index (κ2) is 6.16. The number of nitrogens with zero attached hydrogens (tertiary/aromatic N) is 1. The van der Waals surface area contributed by atoms with E-state index in [0.29, 0.717) is 19.5 Å². The second-order valence-electron chi connectivity index (χ2n) is 5.98. The first kappa shape index (κ1) is 15.4. The number of hydrogen-bond acceptors (Lipinski definition) is 2. The number of likely N-dealkylation sites (tertiary alicyclic amines) is 1. The first-order valence-electron chi connectivity index (χ1n) is 7.23. The second-order valence-corrected chi connectivity index (χ2v) is 5.98. The average Bonchev–Trinajstić information content (AvgIpc) is 2.46. The minimum atomic E-state index is -0.835. The SMILES string of the molecule is Cc1ccccc1CNC(=O)N1CCCC(C)(C(=O)O)C1. The summed E-state index contributed by atoms with van der Waals surface area (Å²) in [4.78, 5) is 25.1. The van der Waals surface area contributed by atoms with Crippen molar-refractivity contribution in [1.29, 1.82) is 0 Å². The highest BCUT2D eigenvalue weighted by Crippen LogP contribution is 2.29. The number of amides is 2. The summed E-state index contributed by atoms with van der Waals surface area (Å²) in [7, 11) is 0. The molecule has 1 aliphatic rings. The van der Waals surface area contributed by atoms with Gasteiger partial charge in [0.1, 0.15) is 0 Å². The number of carboxylic acids is 1. The molecule has 1 unspecified atom stereocenters. The van der Waals surface area contributed by atoms with E-state index in [-0.39, 0.29) is 12.6 Å². The Morgan fingerprint density at radius 3 is 2.76 bits per heavy atom. The predicted octanol–water partition coefficient (Wildman–Crippen LogP) is 2.39. The molecule has 2 rings (SSSR count). The Morgan fingerprint density at radius 1 is 1.38 bits per heavy atom. The summed E-state index contributed by atoms with van der Waals surface area (Å²) in [6.07, 6.45) is 1.34. The molecule has 2 N–H and O–H groups in total. The highest BCUT2D eigenvalue weighted by molar-refractivity contribution is 5.78. The van der Waals surface area contributed by atoms with Crippen molar-refractivity contribution in [3.63, 3.8) is 0 Å². The Labute approximate surface area is 125 Å². The predicted molar refractivity (Wildman–Crippen MR) is 80.0 cm³/mol. The Bertz CT molecular complexity index is 544. The molecule has 2 amide bonds. The zero-order valence-electron chi connectivity index (χ0n) is 12.6. The highest BCUT2D eigenvalue weighted by Gasteiger charge is 2.39. The monoisotopic (exact) mass is 290 g/mol. The Morgan fingerprint density at radius 2 is 2.10 bits per heavy atom.